The van der Waals surface area contributed by atoms with Crippen molar-refractivity contribution in [3.63, 3.8) is 0 Å². The van der Waals surface area contributed by atoms with Crippen LogP contribution in [0.4, 0.5) is 4.79 Å². The van der Waals surface area contributed by atoms with E-state index in [1.54, 1.807) is 11.1 Å². The van der Waals surface area contributed by atoms with E-state index in [4.69, 9.17) is 4.74 Å². The number of amides is 2. The fourth-order valence-electron chi connectivity index (χ4n) is 4.98. The van der Waals surface area contributed by atoms with Gasteiger partial charge in [-0.25, -0.2) is 9.78 Å². The number of hydrogen-bond acceptors (Lipinski definition) is 6. The molecule has 2 heterocycles. The van der Waals surface area contributed by atoms with Crippen LogP contribution in [0, 0.1) is 0 Å². The Morgan fingerprint density at radius 3 is 2.43 bits per heavy atom. The van der Waals surface area contributed by atoms with Gasteiger partial charge >= 0.3 is 12.1 Å². The number of rotatable bonds is 7. The molecule has 9 heteroatoms. The fourth-order valence-corrected chi connectivity index (χ4v) is 5.74. The number of thiazole rings is 1. The van der Waals surface area contributed by atoms with Crippen LogP contribution in [0.1, 0.15) is 40.8 Å². The topological polar surface area (TPSA) is 109 Å². The van der Waals surface area contributed by atoms with E-state index < -0.39 is 30.4 Å². The molecule has 0 bridgehead atoms. The van der Waals surface area contributed by atoms with Crippen molar-refractivity contribution in [3.8, 4) is 11.1 Å². The molecule has 2 atom stereocenters. The Morgan fingerprint density at radius 2 is 1.80 bits per heavy atom. The van der Waals surface area contributed by atoms with E-state index in [0.717, 1.165) is 33.7 Å². The van der Waals surface area contributed by atoms with E-state index in [1.165, 1.54) is 11.3 Å². The minimum atomic E-state index is -1.20. The first-order valence-electron chi connectivity index (χ1n) is 11.5. The van der Waals surface area contributed by atoms with E-state index in [-0.39, 0.29) is 18.4 Å². The minimum Gasteiger partial charge on any atom is -0.481 e. The SMILES string of the molecule is O=C(O)CC(NC(=O)OCC1c2ccccc2-c2ccccc21)C(=O)N1CCC(c2nccs2)C1. The molecule has 1 aliphatic heterocycles. The number of carbonyl (C=O) groups excluding carboxylic acids is 2. The van der Waals surface area contributed by atoms with Crippen molar-refractivity contribution in [3.05, 3.63) is 76.2 Å². The fraction of sp³-hybridized carbons (Fsp3) is 0.308. The lowest BCUT2D eigenvalue weighted by molar-refractivity contribution is -0.142. The number of nitrogens with one attached hydrogen (secondary N) is 1. The van der Waals surface area contributed by atoms with Crippen molar-refractivity contribution in [2.24, 2.45) is 0 Å². The average Bonchev–Trinajstić information content (AvgIpc) is 3.61. The van der Waals surface area contributed by atoms with Crippen LogP contribution in [0.25, 0.3) is 11.1 Å². The van der Waals surface area contributed by atoms with Crippen LogP contribution >= 0.6 is 11.3 Å². The van der Waals surface area contributed by atoms with E-state index in [9.17, 15) is 19.5 Å². The predicted molar refractivity (Wildman–Crippen MR) is 130 cm³/mol. The maximum absolute atomic E-state index is 13.1. The summed E-state index contributed by atoms with van der Waals surface area (Å²) in [4.78, 5) is 43.1. The highest BCUT2D eigenvalue weighted by atomic mass is 32.1. The van der Waals surface area contributed by atoms with E-state index in [2.05, 4.69) is 10.3 Å². The van der Waals surface area contributed by atoms with Crippen molar-refractivity contribution in [2.45, 2.75) is 30.7 Å². The van der Waals surface area contributed by atoms with Crippen molar-refractivity contribution in [1.82, 2.24) is 15.2 Å². The van der Waals surface area contributed by atoms with E-state index in [1.807, 2.05) is 53.9 Å². The number of carboxylic acid groups (broad SMARTS) is 1. The maximum atomic E-state index is 13.1. The Morgan fingerprint density at radius 1 is 1.11 bits per heavy atom. The van der Waals surface area contributed by atoms with Gasteiger partial charge in [0.25, 0.3) is 0 Å². The molecule has 2 amide bonds. The maximum Gasteiger partial charge on any atom is 0.407 e. The summed E-state index contributed by atoms with van der Waals surface area (Å²) in [6.07, 6.45) is 1.17. The third-order valence-corrected chi connectivity index (χ3v) is 7.55. The summed E-state index contributed by atoms with van der Waals surface area (Å²) < 4.78 is 5.52. The highest BCUT2D eigenvalue weighted by molar-refractivity contribution is 7.09. The standard InChI is InChI=1S/C26H25N3O5S/c30-23(31)13-22(25(32)29-11-9-16(14-29)24-27-10-12-35-24)28-26(33)34-15-21-19-7-3-1-5-17(19)18-6-2-4-8-20(18)21/h1-8,10,12,16,21-22H,9,11,13-15H2,(H,28,33)(H,30,31). The van der Waals surface area contributed by atoms with E-state index >= 15 is 0 Å². The Balaban J connectivity index is 1.23. The van der Waals surface area contributed by atoms with Crippen LogP contribution in [0.5, 0.6) is 0 Å². The molecule has 2 aliphatic rings. The molecule has 1 saturated heterocycles. The van der Waals surface area contributed by atoms with Gasteiger partial charge in [-0.3, -0.25) is 9.59 Å². The number of ether oxygens (including phenoxy) is 1. The number of aromatic nitrogens is 1. The first kappa shape index (κ1) is 23.0. The van der Waals surface area contributed by atoms with Crippen molar-refractivity contribution in [2.75, 3.05) is 19.7 Å². The lowest BCUT2D eigenvalue weighted by atomic mass is 9.98. The highest BCUT2D eigenvalue weighted by Gasteiger charge is 2.35. The average molecular weight is 492 g/mol. The second-order valence-electron chi connectivity index (χ2n) is 8.76. The summed E-state index contributed by atoms with van der Waals surface area (Å²) in [7, 11) is 0. The quantitative estimate of drug-likeness (QED) is 0.520. The number of benzene rings is 2. The molecule has 1 aromatic heterocycles. The number of nitrogens with zero attached hydrogens (tertiary/aromatic N) is 2. The molecule has 3 aromatic rings. The number of alkyl carbamates (subject to hydrolysis) is 1. The number of fused-ring (bicyclic) bond motifs is 3. The van der Waals surface area contributed by atoms with Gasteiger partial charge in [-0.2, -0.15) is 0 Å². The summed E-state index contributed by atoms with van der Waals surface area (Å²) in [6, 6.07) is 14.8. The summed E-state index contributed by atoms with van der Waals surface area (Å²) in [6.45, 7) is 1.03. The van der Waals surface area contributed by atoms with Crippen LogP contribution in [0.15, 0.2) is 60.1 Å². The Kier molecular flexibility index (Phi) is 6.50. The third kappa shape index (κ3) is 4.77. The molecular weight excluding hydrogens is 466 g/mol. The van der Waals surface area contributed by atoms with Crippen molar-refractivity contribution < 1.29 is 24.2 Å². The van der Waals surface area contributed by atoms with Gasteiger partial charge in [-0.1, -0.05) is 48.5 Å². The molecule has 0 radical (unpaired) electrons. The number of aliphatic carboxylic acids is 1. The smallest absolute Gasteiger partial charge is 0.407 e. The van der Waals surface area contributed by atoms with Gasteiger partial charge in [0.05, 0.1) is 11.4 Å². The van der Waals surface area contributed by atoms with Crippen molar-refractivity contribution >= 4 is 29.3 Å². The molecule has 2 N–H and O–H groups in total. The number of likely N-dealkylation sites (tertiary alicyclic amines) is 1. The third-order valence-electron chi connectivity index (χ3n) is 6.61. The molecule has 1 fully saturated rings. The molecule has 0 spiro atoms. The van der Waals surface area contributed by atoms with Gasteiger partial charge in [0.2, 0.25) is 5.91 Å². The molecule has 0 saturated carbocycles. The van der Waals surface area contributed by atoms with Gasteiger partial charge < -0.3 is 20.1 Å². The normalized spacial score (nSPS) is 17.5. The summed E-state index contributed by atoms with van der Waals surface area (Å²) in [5.74, 6) is -1.59. The second-order valence-corrected chi connectivity index (χ2v) is 9.69. The lowest BCUT2D eigenvalue weighted by Gasteiger charge is -2.23. The first-order chi connectivity index (χ1) is 17.0. The Bertz CT molecular complexity index is 1200. The Hall–Kier alpha value is -3.72. The first-order valence-corrected chi connectivity index (χ1v) is 12.4. The lowest BCUT2D eigenvalue weighted by Crippen LogP contribution is -2.49. The molecule has 2 aromatic carbocycles. The minimum absolute atomic E-state index is 0.0870. The molecule has 1 aliphatic carbocycles. The highest BCUT2D eigenvalue weighted by Crippen LogP contribution is 2.44. The molecular formula is C26H25N3O5S. The second kappa shape index (κ2) is 9.87. The summed E-state index contributed by atoms with van der Waals surface area (Å²) >= 11 is 1.54. The summed E-state index contributed by atoms with van der Waals surface area (Å²) in [5, 5.41) is 14.7. The number of carbonyl (C=O) groups is 3. The monoisotopic (exact) mass is 491 g/mol. The zero-order valence-corrected chi connectivity index (χ0v) is 19.7. The zero-order chi connectivity index (χ0) is 24.4. The van der Waals surface area contributed by atoms with Crippen LogP contribution in [-0.2, 0) is 14.3 Å². The van der Waals surface area contributed by atoms with Crippen molar-refractivity contribution in [1.29, 1.82) is 0 Å². The van der Waals surface area contributed by atoms with Gasteiger partial charge in [-0.15, -0.1) is 11.3 Å². The number of carboxylic acids is 1. The summed E-state index contributed by atoms with van der Waals surface area (Å²) in [5.41, 5.74) is 4.37. The number of hydrogen-bond donors (Lipinski definition) is 2. The largest absolute Gasteiger partial charge is 0.481 e. The Labute approximate surface area is 206 Å². The molecule has 8 nitrogen and oxygen atoms in total. The molecule has 180 valence electrons. The van der Waals surface area contributed by atoms with Gasteiger partial charge in [0.1, 0.15) is 12.6 Å². The van der Waals surface area contributed by atoms with Crippen LogP contribution in [-0.4, -0.2) is 58.7 Å². The molecule has 5 rings (SSSR count). The van der Waals surface area contributed by atoms with Gasteiger partial charge in [-0.05, 0) is 28.7 Å². The van der Waals surface area contributed by atoms with Gasteiger partial charge in [0, 0.05) is 36.5 Å². The predicted octanol–water partition coefficient (Wildman–Crippen LogP) is 3.84. The van der Waals surface area contributed by atoms with Gasteiger partial charge in [0.15, 0.2) is 0 Å². The molecule has 35 heavy (non-hydrogen) atoms. The van der Waals surface area contributed by atoms with Crippen LogP contribution in [0.2, 0.25) is 0 Å². The van der Waals surface area contributed by atoms with Crippen LogP contribution in [0.3, 0.4) is 0 Å². The van der Waals surface area contributed by atoms with Crippen LogP contribution < -0.4 is 5.32 Å². The van der Waals surface area contributed by atoms with E-state index in [0.29, 0.717) is 13.1 Å². The zero-order valence-electron chi connectivity index (χ0n) is 18.9. The molecule has 2 unspecified atom stereocenters.